The average molecular weight is 174 g/mol. The Morgan fingerprint density at radius 1 is 1.45 bits per heavy atom. The maximum Gasteiger partial charge on any atom is 0.142 e. The van der Waals surface area contributed by atoms with Crippen LogP contribution in [0.5, 0.6) is 0 Å². The molecule has 0 saturated carbocycles. The molecule has 0 unspecified atom stereocenters. The van der Waals surface area contributed by atoms with Gasteiger partial charge in [-0.1, -0.05) is 20.8 Å². The minimum absolute atomic E-state index is 0.401. The van der Waals surface area contributed by atoms with Crippen molar-refractivity contribution in [3.05, 3.63) is 0 Å². The van der Waals surface area contributed by atoms with E-state index in [0.717, 1.165) is 18.6 Å². The lowest BCUT2D eigenvalue weighted by molar-refractivity contribution is -0.116. The van der Waals surface area contributed by atoms with Crippen molar-refractivity contribution in [3.63, 3.8) is 0 Å². The Balaban J connectivity index is 3.17. The minimum atomic E-state index is 0.401. The molecule has 2 heteroatoms. The van der Waals surface area contributed by atoms with Crippen LogP contribution in [0.15, 0.2) is 0 Å². The summed E-state index contributed by atoms with van der Waals surface area (Å²) < 4.78 is 0. The van der Waals surface area contributed by atoms with Crippen molar-refractivity contribution in [2.24, 2.45) is 5.92 Å². The van der Waals surface area contributed by atoms with Gasteiger partial charge in [0.05, 0.1) is 5.75 Å². The number of carbonyl (C=O) groups is 1. The number of carbonyl (C=O) groups excluding carboxylic acids is 1. The Kier molecular flexibility index (Phi) is 6.73. The van der Waals surface area contributed by atoms with Crippen molar-refractivity contribution in [3.8, 4) is 0 Å². The van der Waals surface area contributed by atoms with Crippen molar-refractivity contribution in [1.29, 1.82) is 0 Å². The smallest absolute Gasteiger partial charge is 0.142 e. The van der Waals surface area contributed by atoms with Gasteiger partial charge in [0.15, 0.2) is 0 Å². The van der Waals surface area contributed by atoms with Gasteiger partial charge in [0.25, 0.3) is 0 Å². The first-order chi connectivity index (χ1) is 5.16. The number of thioether (sulfide) groups is 1. The van der Waals surface area contributed by atoms with Crippen LogP contribution in [0.4, 0.5) is 0 Å². The second-order valence-electron chi connectivity index (χ2n) is 3.20. The zero-order valence-electron chi connectivity index (χ0n) is 7.72. The molecule has 0 aliphatic heterocycles. The van der Waals surface area contributed by atoms with Crippen LogP contribution in [-0.2, 0) is 4.79 Å². The first-order valence-electron chi connectivity index (χ1n) is 4.26. The SMILES string of the molecule is CCCC(=O)CSCC(C)C. The van der Waals surface area contributed by atoms with Crippen LogP contribution >= 0.6 is 11.8 Å². The van der Waals surface area contributed by atoms with Gasteiger partial charge in [-0.3, -0.25) is 4.79 Å². The predicted octanol–water partition coefficient (Wildman–Crippen LogP) is 2.74. The molecule has 0 amide bonds. The fraction of sp³-hybridized carbons (Fsp3) is 0.889. The number of ketones is 1. The van der Waals surface area contributed by atoms with E-state index < -0.39 is 0 Å². The van der Waals surface area contributed by atoms with E-state index in [2.05, 4.69) is 13.8 Å². The highest BCUT2D eigenvalue weighted by molar-refractivity contribution is 7.99. The monoisotopic (exact) mass is 174 g/mol. The summed E-state index contributed by atoms with van der Waals surface area (Å²) in [6.07, 6.45) is 1.74. The van der Waals surface area contributed by atoms with E-state index in [1.165, 1.54) is 0 Å². The van der Waals surface area contributed by atoms with Gasteiger partial charge >= 0.3 is 0 Å². The molecule has 0 N–H and O–H groups in total. The molecule has 0 rings (SSSR count). The van der Waals surface area contributed by atoms with Gasteiger partial charge < -0.3 is 0 Å². The molecule has 0 radical (unpaired) electrons. The fourth-order valence-electron chi connectivity index (χ4n) is 0.759. The van der Waals surface area contributed by atoms with Crippen LogP contribution in [0.25, 0.3) is 0 Å². The van der Waals surface area contributed by atoms with Gasteiger partial charge in [-0.15, -0.1) is 0 Å². The molecule has 0 atom stereocenters. The molecular weight excluding hydrogens is 156 g/mol. The predicted molar refractivity (Wildman–Crippen MR) is 52.1 cm³/mol. The van der Waals surface area contributed by atoms with E-state index in [1.54, 1.807) is 11.8 Å². The third kappa shape index (κ3) is 7.92. The summed E-state index contributed by atoms with van der Waals surface area (Å²) in [5, 5.41) is 0. The third-order valence-electron chi connectivity index (χ3n) is 1.24. The van der Waals surface area contributed by atoms with Gasteiger partial charge in [-0.25, -0.2) is 0 Å². The molecular formula is C9H18OS. The molecule has 0 aromatic rings. The third-order valence-corrected chi connectivity index (χ3v) is 2.67. The maximum atomic E-state index is 11.0. The Hall–Kier alpha value is 0.0200. The van der Waals surface area contributed by atoms with Crippen LogP contribution in [-0.4, -0.2) is 17.3 Å². The van der Waals surface area contributed by atoms with Gasteiger partial charge in [0.2, 0.25) is 0 Å². The minimum Gasteiger partial charge on any atom is -0.299 e. The standard InChI is InChI=1S/C9H18OS/c1-4-5-9(10)7-11-6-8(2)3/h8H,4-7H2,1-3H3. The van der Waals surface area contributed by atoms with Crippen molar-refractivity contribution >= 4 is 17.5 Å². The molecule has 11 heavy (non-hydrogen) atoms. The highest BCUT2D eigenvalue weighted by Crippen LogP contribution is 2.08. The average Bonchev–Trinajstić information content (AvgIpc) is 1.87. The lowest BCUT2D eigenvalue weighted by Gasteiger charge is -2.02. The Morgan fingerprint density at radius 3 is 2.55 bits per heavy atom. The molecule has 1 nitrogen and oxygen atoms in total. The molecule has 0 aromatic heterocycles. The molecule has 0 spiro atoms. The number of hydrogen-bond acceptors (Lipinski definition) is 2. The topological polar surface area (TPSA) is 17.1 Å². The number of rotatable bonds is 6. The van der Waals surface area contributed by atoms with Gasteiger partial charge in [-0.05, 0) is 18.1 Å². The van der Waals surface area contributed by atoms with Crippen molar-refractivity contribution in [2.45, 2.75) is 33.6 Å². The van der Waals surface area contributed by atoms with Crippen LogP contribution in [0.2, 0.25) is 0 Å². The molecule has 0 heterocycles. The first-order valence-corrected chi connectivity index (χ1v) is 5.41. The molecule has 0 bridgehead atoms. The summed E-state index contributed by atoms with van der Waals surface area (Å²) in [7, 11) is 0. The Labute approximate surface area is 73.9 Å². The van der Waals surface area contributed by atoms with E-state index in [-0.39, 0.29) is 0 Å². The van der Waals surface area contributed by atoms with E-state index in [9.17, 15) is 4.79 Å². The van der Waals surface area contributed by atoms with E-state index >= 15 is 0 Å². The summed E-state index contributed by atoms with van der Waals surface area (Å²) in [4.78, 5) is 11.0. The van der Waals surface area contributed by atoms with Gasteiger partial charge in [0.1, 0.15) is 5.78 Å². The number of hydrogen-bond donors (Lipinski definition) is 0. The summed E-state index contributed by atoms with van der Waals surface area (Å²) >= 11 is 1.76. The lowest BCUT2D eigenvalue weighted by atomic mass is 10.3. The summed E-state index contributed by atoms with van der Waals surface area (Å²) in [6, 6.07) is 0. The molecule has 0 aromatic carbocycles. The Morgan fingerprint density at radius 2 is 2.09 bits per heavy atom. The van der Waals surface area contributed by atoms with Gasteiger partial charge in [0, 0.05) is 6.42 Å². The number of Topliss-reactive ketones (excluding diaryl/α,β-unsaturated/α-hetero) is 1. The summed E-state index contributed by atoms with van der Waals surface area (Å²) in [6.45, 7) is 6.40. The highest BCUT2D eigenvalue weighted by atomic mass is 32.2. The largest absolute Gasteiger partial charge is 0.299 e. The van der Waals surface area contributed by atoms with Gasteiger partial charge in [-0.2, -0.15) is 11.8 Å². The van der Waals surface area contributed by atoms with Crippen LogP contribution in [0, 0.1) is 5.92 Å². The molecule has 0 aliphatic carbocycles. The molecule has 0 saturated heterocycles. The first kappa shape index (κ1) is 11.0. The molecule has 0 fully saturated rings. The van der Waals surface area contributed by atoms with E-state index in [0.29, 0.717) is 17.5 Å². The van der Waals surface area contributed by atoms with E-state index in [4.69, 9.17) is 0 Å². The molecule has 0 aliphatic rings. The van der Waals surface area contributed by atoms with Crippen molar-refractivity contribution in [1.82, 2.24) is 0 Å². The summed E-state index contributed by atoms with van der Waals surface area (Å²) in [5.74, 6) is 2.93. The second-order valence-corrected chi connectivity index (χ2v) is 4.23. The zero-order chi connectivity index (χ0) is 8.69. The van der Waals surface area contributed by atoms with Crippen LogP contribution < -0.4 is 0 Å². The van der Waals surface area contributed by atoms with Crippen molar-refractivity contribution in [2.75, 3.05) is 11.5 Å². The Bertz CT molecular complexity index is 110. The van der Waals surface area contributed by atoms with Crippen LogP contribution in [0.1, 0.15) is 33.6 Å². The molecule has 66 valence electrons. The highest BCUT2D eigenvalue weighted by Gasteiger charge is 2.00. The fourth-order valence-corrected chi connectivity index (χ4v) is 1.72. The maximum absolute atomic E-state index is 11.0. The summed E-state index contributed by atoms with van der Waals surface area (Å²) in [5.41, 5.74) is 0. The zero-order valence-corrected chi connectivity index (χ0v) is 8.54. The van der Waals surface area contributed by atoms with Crippen LogP contribution in [0.3, 0.4) is 0 Å². The second kappa shape index (κ2) is 6.71. The van der Waals surface area contributed by atoms with Crippen molar-refractivity contribution < 1.29 is 4.79 Å². The lowest BCUT2D eigenvalue weighted by Crippen LogP contribution is -2.02. The van der Waals surface area contributed by atoms with E-state index in [1.807, 2.05) is 6.92 Å². The normalized spacial score (nSPS) is 10.5. The quantitative estimate of drug-likeness (QED) is 0.616.